The molecule has 28 heavy (non-hydrogen) atoms. The Kier molecular flexibility index (Phi) is 7.24. The van der Waals surface area contributed by atoms with Crippen LogP contribution in [0.15, 0.2) is 59.5 Å². The van der Waals surface area contributed by atoms with E-state index in [9.17, 15) is 23.2 Å². The van der Waals surface area contributed by atoms with Crippen LogP contribution in [0.3, 0.4) is 0 Å². The molecule has 0 fully saturated rings. The number of hydrogen-bond donors (Lipinski definition) is 4. The third-order valence-corrected chi connectivity index (χ3v) is 5.59. The van der Waals surface area contributed by atoms with Crippen molar-refractivity contribution >= 4 is 21.8 Å². The van der Waals surface area contributed by atoms with E-state index in [1.807, 2.05) is 30.3 Å². The summed E-state index contributed by atoms with van der Waals surface area (Å²) >= 11 is 0. The molecule has 0 radical (unpaired) electrons. The average Bonchev–Trinajstić information content (AvgIpc) is 2.70. The molecule has 0 aromatic heterocycles. The summed E-state index contributed by atoms with van der Waals surface area (Å²) in [6.45, 7) is 1.18. The highest BCUT2D eigenvalue weighted by molar-refractivity contribution is 7.89. The Morgan fingerprint density at radius 2 is 1.61 bits per heavy atom. The first kappa shape index (κ1) is 21.5. The third-order valence-electron chi connectivity index (χ3n) is 3.98. The molecule has 0 aliphatic rings. The molecule has 2 aromatic carbocycles. The summed E-state index contributed by atoms with van der Waals surface area (Å²) in [5.74, 6) is -1.51. The molecule has 0 spiro atoms. The van der Waals surface area contributed by atoms with E-state index in [4.69, 9.17) is 5.21 Å². The summed E-state index contributed by atoms with van der Waals surface area (Å²) in [5.41, 5.74) is 2.99. The number of benzene rings is 2. The van der Waals surface area contributed by atoms with Crippen molar-refractivity contribution in [2.75, 3.05) is 6.54 Å². The highest BCUT2D eigenvalue weighted by Crippen LogP contribution is 2.23. The van der Waals surface area contributed by atoms with Crippen molar-refractivity contribution in [1.82, 2.24) is 15.3 Å². The van der Waals surface area contributed by atoms with Crippen LogP contribution in [0, 0.1) is 0 Å². The lowest BCUT2D eigenvalue weighted by Gasteiger charge is -2.23. The number of hydrogen-bond acceptors (Lipinski definition) is 6. The van der Waals surface area contributed by atoms with Gasteiger partial charge in [-0.25, -0.2) is 13.9 Å². The fourth-order valence-electron chi connectivity index (χ4n) is 2.53. The zero-order valence-electron chi connectivity index (χ0n) is 15.1. The summed E-state index contributed by atoms with van der Waals surface area (Å²) in [6.07, 6.45) is -0.246. The molecule has 10 heteroatoms. The predicted octanol–water partition coefficient (Wildman–Crippen LogP) is 1.13. The van der Waals surface area contributed by atoms with Gasteiger partial charge in [0.05, 0.1) is 4.90 Å². The smallest absolute Gasteiger partial charge is 0.265 e. The summed E-state index contributed by atoms with van der Waals surface area (Å²) < 4.78 is 25.2. The van der Waals surface area contributed by atoms with Gasteiger partial charge in [-0.05, 0) is 29.7 Å². The number of carbonyl (C=O) groups is 2. The Morgan fingerprint density at radius 1 is 1.04 bits per heavy atom. The van der Waals surface area contributed by atoms with Gasteiger partial charge in [0.15, 0.2) is 0 Å². The van der Waals surface area contributed by atoms with E-state index >= 15 is 0 Å². The number of hydroxylamine groups is 2. The minimum Gasteiger partial charge on any atom is -0.356 e. The highest BCUT2D eigenvalue weighted by atomic mass is 32.2. The van der Waals surface area contributed by atoms with Crippen LogP contribution in [0.5, 0.6) is 0 Å². The molecule has 2 aromatic rings. The summed E-state index contributed by atoms with van der Waals surface area (Å²) in [5, 5.41) is 21.4. The van der Waals surface area contributed by atoms with Crippen molar-refractivity contribution in [3.05, 3.63) is 54.6 Å². The lowest BCUT2D eigenvalue weighted by Crippen LogP contribution is -2.48. The molecule has 0 unspecified atom stereocenters. The Balaban J connectivity index is 2.24. The molecule has 0 saturated carbocycles. The molecular formula is C18H21N3O6S. The van der Waals surface area contributed by atoms with Gasteiger partial charge in [-0.2, -0.15) is 0 Å². The second-order valence-corrected chi connectivity index (χ2v) is 7.73. The summed E-state index contributed by atoms with van der Waals surface area (Å²) in [6, 6.07) is 13.4. The maximum absolute atomic E-state index is 12.7. The lowest BCUT2D eigenvalue weighted by molar-refractivity contribution is -0.143. The molecule has 9 nitrogen and oxygen atoms in total. The third kappa shape index (κ3) is 5.14. The number of sulfonamides is 1. The van der Waals surface area contributed by atoms with Crippen LogP contribution in [0.2, 0.25) is 0 Å². The van der Waals surface area contributed by atoms with E-state index in [0.29, 0.717) is 0 Å². The largest absolute Gasteiger partial charge is 0.356 e. The zero-order valence-corrected chi connectivity index (χ0v) is 15.9. The minimum atomic E-state index is -4.44. The van der Waals surface area contributed by atoms with Crippen LogP contribution in [0.25, 0.3) is 11.1 Å². The molecule has 2 rings (SSSR count). The molecule has 0 bridgehead atoms. The zero-order chi connectivity index (χ0) is 20.7. The fraction of sp³-hybridized carbons (Fsp3) is 0.222. The van der Waals surface area contributed by atoms with Crippen LogP contribution >= 0.6 is 0 Å². The van der Waals surface area contributed by atoms with E-state index in [1.54, 1.807) is 12.1 Å². The van der Waals surface area contributed by atoms with E-state index in [2.05, 4.69) is 5.32 Å². The second-order valence-electron chi connectivity index (χ2n) is 5.93. The molecule has 0 heterocycles. The minimum absolute atomic E-state index is 0.0764. The van der Waals surface area contributed by atoms with Crippen LogP contribution < -0.4 is 10.8 Å². The van der Waals surface area contributed by atoms with Gasteiger partial charge in [0.1, 0.15) is 6.04 Å². The van der Waals surface area contributed by atoms with Crippen LogP contribution in [0.1, 0.15) is 13.3 Å². The molecule has 150 valence electrons. The molecule has 0 aliphatic heterocycles. The van der Waals surface area contributed by atoms with Gasteiger partial charge in [-0.1, -0.05) is 46.9 Å². The normalized spacial score (nSPS) is 12.4. The maximum Gasteiger partial charge on any atom is 0.265 e. The Morgan fingerprint density at radius 3 is 2.14 bits per heavy atom. The summed E-state index contributed by atoms with van der Waals surface area (Å²) in [4.78, 5) is 22.5. The number of nitrogens with one attached hydrogen (secondary N) is 2. The number of rotatable bonds is 8. The van der Waals surface area contributed by atoms with Gasteiger partial charge in [0, 0.05) is 13.5 Å². The number of nitrogens with zero attached hydrogens (tertiary/aromatic N) is 1. The van der Waals surface area contributed by atoms with Gasteiger partial charge in [0.25, 0.3) is 15.9 Å². The van der Waals surface area contributed by atoms with Crippen LogP contribution in [0.4, 0.5) is 0 Å². The first-order valence-corrected chi connectivity index (χ1v) is 9.78. The Bertz CT molecular complexity index is 916. The summed E-state index contributed by atoms with van der Waals surface area (Å²) in [7, 11) is -4.44. The first-order chi connectivity index (χ1) is 13.3. The van der Waals surface area contributed by atoms with Gasteiger partial charge in [0.2, 0.25) is 5.91 Å². The maximum atomic E-state index is 12.7. The standard InChI is InChI=1S/C18H21N3O6S/c1-13(22)19-12-11-17(18(23)20-24)21(25)28(26,27)16-9-7-15(8-10-16)14-5-3-2-4-6-14/h2-10,17,24-25H,11-12H2,1H3,(H,19,22)(H,20,23)/t17-/m1/s1. The first-order valence-electron chi connectivity index (χ1n) is 8.34. The Labute approximate surface area is 162 Å². The predicted molar refractivity (Wildman–Crippen MR) is 99.7 cm³/mol. The number of amides is 2. The van der Waals surface area contributed by atoms with Crippen molar-refractivity contribution in [1.29, 1.82) is 0 Å². The van der Waals surface area contributed by atoms with Gasteiger partial charge in [-0.15, -0.1) is 0 Å². The molecule has 2 amide bonds. The molecule has 1 atom stereocenters. The fourth-order valence-corrected chi connectivity index (χ4v) is 3.76. The Hall–Kier alpha value is -2.79. The topological polar surface area (TPSA) is 136 Å². The molecule has 0 saturated heterocycles. The van der Waals surface area contributed by atoms with Gasteiger partial charge < -0.3 is 5.32 Å². The van der Waals surface area contributed by atoms with Gasteiger partial charge >= 0.3 is 0 Å². The lowest BCUT2D eigenvalue weighted by atomic mass is 10.1. The van der Waals surface area contributed by atoms with E-state index in [0.717, 1.165) is 11.1 Å². The van der Waals surface area contributed by atoms with Crippen molar-refractivity contribution < 1.29 is 28.4 Å². The van der Waals surface area contributed by atoms with Crippen molar-refractivity contribution in [2.45, 2.75) is 24.3 Å². The molecule has 0 aliphatic carbocycles. The molecular weight excluding hydrogens is 386 g/mol. The van der Waals surface area contributed by atoms with Crippen LogP contribution in [-0.4, -0.2) is 47.7 Å². The number of carbonyl (C=O) groups excluding carboxylic acids is 2. The van der Waals surface area contributed by atoms with Gasteiger partial charge in [-0.3, -0.25) is 20.0 Å². The quantitative estimate of drug-likeness (QED) is 0.383. The second kappa shape index (κ2) is 9.42. The van der Waals surface area contributed by atoms with Crippen molar-refractivity contribution in [3.8, 4) is 11.1 Å². The van der Waals surface area contributed by atoms with E-state index in [-0.39, 0.29) is 28.2 Å². The van der Waals surface area contributed by atoms with Crippen LogP contribution in [-0.2, 0) is 19.6 Å². The average molecular weight is 407 g/mol. The van der Waals surface area contributed by atoms with E-state index < -0.39 is 22.0 Å². The van der Waals surface area contributed by atoms with Crippen molar-refractivity contribution in [3.63, 3.8) is 0 Å². The van der Waals surface area contributed by atoms with E-state index in [1.165, 1.54) is 24.5 Å². The monoisotopic (exact) mass is 407 g/mol. The van der Waals surface area contributed by atoms with Crippen molar-refractivity contribution in [2.24, 2.45) is 0 Å². The SMILES string of the molecule is CC(=O)NCC[C@H](C(=O)NO)N(O)S(=O)(=O)c1ccc(-c2ccccc2)cc1. The molecule has 4 N–H and O–H groups in total. The highest BCUT2D eigenvalue weighted by Gasteiger charge is 2.35.